The van der Waals surface area contributed by atoms with E-state index >= 15 is 0 Å². The molecule has 0 radical (unpaired) electrons. The fourth-order valence-corrected chi connectivity index (χ4v) is 1.02. The van der Waals surface area contributed by atoms with Crippen molar-refractivity contribution in [3.8, 4) is 0 Å². The second-order valence-electron chi connectivity index (χ2n) is 2.63. The molecule has 0 aromatic rings. The van der Waals surface area contributed by atoms with Crippen molar-refractivity contribution < 1.29 is 19.4 Å². The Balaban J connectivity index is 2.59. The minimum Gasteiger partial charge on any atom is -0.434 e. The van der Waals surface area contributed by atoms with E-state index in [1.807, 2.05) is 6.92 Å². The number of hydrogen-bond acceptors (Lipinski definition) is 4. The monoisotopic (exact) mass is 172 g/mol. The van der Waals surface area contributed by atoms with Crippen LogP contribution >= 0.6 is 0 Å². The number of hydrogen-bond donors (Lipinski definition) is 1. The number of ether oxygens (including phenoxy) is 2. The third-order valence-electron chi connectivity index (χ3n) is 1.72. The molecule has 1 rings (SSSR count). The van der Waals surface area contributed by atoms with Crippen LogP contribution in [0.3, 0.4) is 0 Å². The average Bonchev–Trinajstić information content (AvgIpc) is 2.05. The lowest BCUT2D eigenvalue weighted by molar-refractivity contribution is 0.0472. The quantitative estimate of drug-likeness (QED) is 0.636. The fourth-order valence-electron chi connectivity index (χ4n) is 1.02. The van der Waals surface area contributed by atoms with E-state index in [4.69, 9.17) is 9.84 Å². The molecule has 0 aromatic heterocycles. The summed E-state index contributed by atoms with van der Waals surface area (Å²) in [5.74, 6) is 0.639. The van der Waals surface area contributed by atoms with Gasteiger partial charge in [-0.25, -0.2) is 4.79 Å². The normalized spacial score (nSPS) is 21.3. The molecule has 0 aromatic carbocycles. The first-order chi connectivity index (χ1) is 5.74. The Morgan fingerprint density at radius 2 is 2.42 bits per heavy atom. The van der Waals surface area contributed by atoms with Crippen molar-refractivity contribution in [2.75, 3.05) is 13.2 Å². The molecule has 1 heterocycles. The maximum Gasteiger partial charge on any atom is 0.513 e. The Kier molecular flexibility index (Phi) is 3.10. The van der Waals surface area contributed by atoms with Crippen molar-refractivity contribution in [3.63, 3.8) is 0 Å². The van der Waals surface area contributed by atoms with Gasteiger partial charge in [0.25, 0.3) is 0 Å². The highest BCUT2D eigenvalue weighted by Crippen LogP contribution is 2.18. The molecule has 0 atom stereocenters. The van der Waals surface area contributed by atoms with Crippen LogP contribution in [0, 0.1) is 0 Å². The first kappa shape index (κ1) is 9.06. The highest BCUT2D eigenvalue weighted by Gasteiger charge is 2.17. The summed E-state index contributed by atoms with van der Waals surface area (Å²) in [6.07, 6.45) is 0.508. The molecular formula is C8H12O4. The largest absolute Gasteiger partial charge is 0.513 e. The number of aliphatic hydroxyl groups excluding tert-OH is 1. The summed E-state index contributed by atoms with van der Waals surface area (Å²) >= 11 is 0. The fraction of sp³-hybridized carbons (Fsp3) is 0.625. The van der Waals surface area contributed by atoms with Gasteiger partial charge in [-0.15, -0.1) is 0 Å². The van der Waals surface area contributed by atoms with Crippen molar-refractivity contribution in [2.24, 2.45) is 0 Å². The molecule has 0 saturated carbocycles. The third kappa shape index (κ3) is 2.23. The van der Waals surface area contributed by atoms with Crippen molar-refractivity contribution in [2.45, 2.75) is 19.8 Å². The zero-order valence-electron chi connectivity index (χ0n) is 7.00. The van der Waals surface area contributed by atoms with Gasteiger partial charge in [0.2, 0.25) is 0 Å². The molecule has 4 nitrogen and oxygen atoms in total. The van der Waals surface area contributed by atoms with Gasteiger partial charge in [-0.1, -0.05) is 0 Å². The topological polar surface area (TPSA) is 55.8 Å². The second-order valence-corrected chi connectivity index (χ2v) is 2.63. The molecule has 1 N–H and O–H groups in total. The lowest BCUT2D eigenvalue weighted by atomic mass is 10.1. The number of aliphatic hydroxyl groups is 1. The molecule has 0 aliphatic carbocycles. The van der Waals surface area contributed by atoms with Crippen molar-refractivity contribution in [3.05, 3.63) is 11.3 Å². The molecular weight excluding hydrogens is 160 g/mol. The molecule has 1 aliphatic rings. The lowest BCUT2D eigenvalue weighted by Gasteiger charge is -2.16. The van der Waals surface area contributed by atoms with Crippen LogP contribution in [-0.2, 0) is 9.47 Å². The van der Waals surface area contributed by atoms with E-state index in [2.05, 4.69) is 4.74 Å². The predicted octanol–water partition coefficient (Wildman–Crippen LogP) is 1.20. The average molecular weight is 172 g/mol. The van der Waals surface area contributed by atoms with Crippen LogP contribution in [0.15, 0.2) is 11.3 Å². The van der Waals surface area contributed by atoms with Gasteiger partial charge in [-0.3, -0.25) is 0 Å². The van der Waals surface area contributed by atoms with E-state index in [1.54, 1.807) is 0 Å². The maximum absolute atomic E-state index is 10.6. The Hall–Kier alpha value is -1.03. The van der Waals surface area contributed by atoms with E-state index in [0.717, 1.165) is 5.57 Å². The van der Waals surface area contributed by atoms with Crippen LogP contribution < -0.4 is 0 Å². The molecule has 0 amide bonds. The predicted molar refractivity (Wildman–Crippen MR) is 41.5 cm³/mol. The highest BCUT2D eigenvalue weighted by molar-refractivity contribution is 5.62. The summed E-state index contributed by atoms with van der Waals surface area (Å²) in [6.45, 7) is 2.29. The molecule has 1 fully saturated rings. The minimum absolute atomic E-state index is 0.0771. The molecule has 68 valence electrons. The van der Waals surface area contributed by atoms with Gasteiger partial charge >= 0.3 is 6.16 Å². The van der Waals surface area contributed by atoms with E-state index in [9.17, 15) is 4.79 Å². The number of carbonyl (C=O) groups is 1. The van der Waals surface area contributed by atoms with Crippen LogP contribution in [-0.4, -0.2) is 24.5 Å². The van der Waals surface area contributed by atoms with Crippen LogP contribution in [0.2, 0.25) is 0 Å². The summed E-state index contributed by atoms with van der Waals surface area (Å²) in [4.78, 5) is 10.6. The minimum atomic E-state index is -0.645. The summed E-state index contributed by atoms with van der Waals surface area (Å²) < 4.78 is 9.39. The molecule has 4 heteroatoms. The van der Waals surface area contributed by atoms with Gasteiger partial charge in [0.05, 0.1) is 0 Å². The smallest absolute Gasteiger partial charge is 0.434 e. The van der Waals surface area contributed by atoms with E-state index < -0.39 is 6.16 Å². The first-order valence-electron chi connectivity index (χ1n) is 3.88. The van der Waals surface area contributed by atoms with Crippen LogP contribution in [0.4, 0.5) is 4.79 Å². The second kappa shape index (κ2) is 4.11. The Labute approximate surface area is 70.8 Å². The summed E-state index contributed by atoms with van der Waals surface area (Å²) in [5.41, 5.74) is 0.911. The number of rotatable bonds is 2. The van der Waals surface area contributed by atoms with Gasteiger partial charge < -0.3 is 14.6 Å². The van der Waals surface area contributed by atoms with Crippen molar-refractivity contribution >= 4 is 6.16 Å². The van der Waals surface area contributed by atoms with E-state index in [-0.39, 0.29) is 6.61 Å². The standard InChI is InChI=1S/C8H12O4/c1-6(2-4-9)7-3-5-11-8(10)12-7/h9H,2-5H2,1H3/b7-6-. The van der Waals surface area contributed by atoms with Crippen LogP contribution in [0.1, 0.15) is 19.8 Å². The number of carbonyl (C=O) groups excluding carboxylic acids is 1. The van der Waals surface area contributed by atoms with Gasteiger partial charge in [0, 0.05) is 13.0 Å². The summed E-state index contributed by atoms with van der Waals surface area (Å²) in [6, 6.07) is 0. The summed E-state index contributed by atoms with van der Waals surface area (Å²) in [7, 11) is 0. The maximum atomic E-state index is 10.6. The van der Waals surface area contributed by atoms with Crippen LogP contribution in [0.5, 0.6) is 0 Å². The van der Waals surface area contributed by atoms with E-state index in [0.29, 0.717) is 25.2 Å². The zero-order chi connectivity index (χ0) is 8.97. The Morgan fingerprint density at radius 3 is 3.00 bits per heavy atom. The highest BCUT2D eigenvalue weighted by atomic mass is 16.7. The van der Waals surface area contributed by atoms with Crippen LogP contribution in [0.25, 0.3) is 0 Å². The molecule has 0 bridgehead atoms. The van der Waals surface area contributed by atoms with Crippen molar-refractivity contribution in [1.82, 2.24) is 0 Å². The summed E-state index contributed by atoms with van der Waals surface area (Å²) in [5, 5.41) is 8.63. The zero-order valence-corrected chi connectivity index (χ0v) is 7.00. The first-order valence-corrected chi connectivity index (χ1v) is 3.88. The Bertz CT molecular complexity index is 207. The van der Waals surface area contributed by atoms with E-state index in [1.165, 1.54) is 0 Å². The number of cyclic esters (lactones) is 2. The van der Waals surface area contributed by atoms with Gasteiger partial charge in [0.15, 0.2) is 0 Å². The van der Waals surface area contributed by atoms with Gasteiger partial charge in [-0.05, 0) is 18.9 Å². The molecule has 0 spiro atoms. The van der Waals surface area contributed by atoms with Gasteiger partial charge in [-0.2, -0.15) is 0 Å². The molecule has 0 unspecified atom stereocenters. The molecule has 12 heavy (non-hydrogen) atoms. The lowest BCUT2D eigenvalue weighted by Crippen LogP contribution is -2.17. The Morgan fingerprint density at radius 1 is 1.67 bits per heavy atom. The third-order valence-corrected chi connectivity index (χ3v) is 1.72. The molecule has 1 aliphatic heterocycles. The molecule has 1 saturated heterocycles. The van der Waals surface area contributed by atoms with Crippen molar-refractivity contribution in [1.29, 1.82) is 0 Å². The van der Waals surface area contributed by atoms with Gasteiger partial charge in [0.1, 0.15) is 12.4 Å². The SMILES string of the molecule is C/C(CCO)=C1\CCOC(=O)O1.